The molecule has 3 rings (SSSR count). The first-order chi connectivity index (χ1) is 13.4. The van der Waals surface area contributed by atoms with E-state index in [4.69, 9.17) is 0 Å². The highest BCUT2D eigenvalue weighted by atomic mass is 19.3. The fourth-order valence-corrected chi connectivity index (χ4v) is 3.28. The van der Waals surface area contributed by atoms with Crippen molar-refractivity contribution in [3.63, 3.8) is 0 Å². The molecule has 28 heavy (non-hydrogen) atoms. The highest BCUT2D eigenvalue weighted by molar-refractivity contribution is 5.98. The summed E-state index contributed by atoms with van der Waals surface area (Å²) in [7, 11) is 0. The lowest BCUT2D eigenvalue weighted by Gasteiger charge is -2.35. The summed E-state index contributed by atoms with van der Waals surface area (Å²) in [6.07, 6.45) is 0. The standard InChI is InChI=1S/C21H22F2N2O3/c1-14-6-5-8-16(15(14)2)19(26)24-10-12-25(13-11-24)20(27)17-7-3-4-9-18(17)28-21(22)23/h3-9,21H,10-13H2,1-2H3. The van der Waals surface area contributed by atoms with Crippen LogP contribution in [0.3, 0.4) is 0 Å². The zero-order chi connectivity index (χ0) is 20.3. The maximum atomic E-state index is 12.8. The summed E-state index contributed by atoms with van der Waals surface area (Å²) in [5.74, 6) is -0.582. The monoisotopic (exact) mass is 388 g/mol. The minimum Gasteiger partial charge on any atom is -0.434 e. The van der Waals surface area contributed by atoms with Crippen molar-refractivity contribution in [3.8, 4) is 5.75 Å². The molecule has 1 heterocycles. The highest BCUT2D eigenvalue weighted by Gasteiger charge is 2.28. The Morgan fingerprint density at radius 2 is 1.39 bits per heavy atom. The molecule has 0 spiro atoms. The number of aryl methyl sites for hydroxylation is 1. The van der Waals surface area contributed by atoms with Gasteiger partial charge in [-0.1, -0.05) is 24.3 Å². The Morgan fingerprint density at radius 3 is 2.00 bits per heavy atom. The Morgan fingerprint density at radius 1 is 0.857 bits per heavy atom. The summed E-state index contributed by atoms with van der Waals surface area (Å²) in [6.45, 7) is 2.31. The number of amides is 2. The predicted molar refractivity (Wildman–Crippen MR) is 101 cm³/mol. The van der Waals surface area contributed by atoms with Crippen molar-refractivity contribution in [2.75, 3.05) is 26.2 Å². The first kappa shape index (κ1) is 19.8. The molecule has 2 aromatic rings. The summed E-state index contributed by atoms with van der Waals surface area (Å²) >= 11 is 0. The lowest BCUT2D eigenvalue weighted by Crippen LogP contribution is -2.50. The van der Waals surface area contributed by atoms with E-state index in [0.29, 0.717) is 31.7 Å². The van der Waals surface area contributed by atoms with E-state index in [1.165, 1.54) is 18.2 Å². The molecule has 0 unspecified atom stereocenters. The smallest absolute Gasteiger partial charge is 0.387 e. The number of benzene rings is 2. The molecule has 2 aromatic carbocycles. The Kier molecular flexibility index (Phi) is 5.92. The molecule has 7 heteroatoms. The largest absolute Gasteiger partial charge is 0.434 e. The zero-order valence-electron chi connectivity index (χ0n) is 15.8. The fraction of sp³-hybridized carbons (Fsp3) is 0.333. The quantitative estimate of drug-likeness (QED) is 0.806. The Labute approximate surface area is 162 Å². The van der Waals surface area contributed by atoms with Gasteiger partial charge in [0.1, 0.15) is 5.75 Å². The molecule has 5 nitrogen and oxygen atoms in total. The topological polar surface area (TPSA) is 49.9 Å². The summed E-state index contributed by atoms with van der Waals surface area (Å²) in [6, 6.07) is 11.6. The van der Waals surface area contributed by atoms with Gasteiger partial charge in [0.25, 0.3) is 11.8 Å². The molecule has 0 radical (unpaired) electrons. The van der Waals surface area contributed by atoms with Crippen LogP contribution in [0.15, 0.2) is 42.5 Å². The van der Waals surface area contributed by atoms with Crippen molar-refractivity contribution < 1.29 is 23.1 Å². The van der Waals surface area contributed by atoms with Crippen LogP contribution >= 0.6 is 0 Å². The number of ether oxygens (including phenoxy) is 1. The van der Waals surface area contributed by atoms with Crippen LogP contribution in [0.25, 0.3) is 0 Å². The van der Waals surface area contributed by atoms with Gasteiger partial charge >= 0.3 is 6.61 Å². The predicted octanol–water partition coefficient (Wildman–Crippen LogP) is 3.50. The third-order valence-corrected chi connectivity index (χ3v) is 5.02. The van der Waals surface area contributed by atoms with Gasteiger partial charge in [0.2, 0.25) is 0 Å². The molecule has 2 amide bonds. The summed E-state index contributed by atoms with van der Waals surface area (Å²) in [5, 5.41) is 0. The van der Waals surface area contributed by atoms with Gasteiger partial charge in [0.15, 0.2) is 0 Å². The average Bonchev–Trinajstić information content (AvgIpc) is 2.69. The van der Waals surface area contributed by atoms with Gasteiger partial charge in [-0.15, -0.1) is 0 Å². The molecule has 0 saturated carbocycles. The lowest BCUT2D eigenvalue weighted by atomic mass is 10.0. The Balaban J connectivity index is 1.68. The number of alkyl halides is 2. The maximum absolute atomic E-state index is 12.8. The number of para-hydroxylation sites is 1. The minimum absolute atomic E-state index is 0.0604. The highest BCUT2D eigenvalue weighted by Crippen LogP contribution is 2.23. The van der Waals surface area contributed by atoms with E-state index >= 15 is 0 Å². The summed E-state index contributed by atoms with van der Waals surface area (Å²) < 4.78 is 29.6. The van der Waals surface area contributed by atoms with Crippen molar-refractivity contribution in [2.24, 2.45) is 0 Å². The van der Waals surface area contributed by atoms with Crippen molar-refractivity contribution >= 4 is 11.8 Å². The van der Waals surface area contributed by atoms with Crippen molar-refractivity contribution in [2.45, 2.75) is 20.5 Å². The number of hydrogen-bond acceptors (Lipinski definition) is 3. The van der Waals surface area contributed by atoms with Gasteiger partial charge < -0.3 is 14.5 Å². The van der Waals surface area contributed by atoms with Gasteiger partial charge in [-0.25, -0.2) is 0 Å². The van der Waals surface area contributed by atoms with Crippen LogP contribution in [0.2, 0.25) is 0 Å². The normalized spacial score (nSPS) is 14.3. The molecule has 0 atom stereocenters. The van der Waals surface area contributed by atoms with Crippen LogP contribution in [0.5, 0.6) is 5.75 Å². The second-order valence-electron chi connectivity index (χ2n) is 6.71. The number of nitrogens with zero attached hydrogens (tertiary/aromatic N) is 2. The molecule has 1 saturated heterocycles. The number of hydrogen-bond donors (Lipinski definition) is 0. The summed E-state index contributed by atoms with van der Waals surface area (Å²) in [5.41, 5.74) is 2.76. The van der Waals surface area contributed by atoms with Crippen LogP contribution in [0.4, 0.5) is 8.78 Å². The van der Waals surface area contributed by atoms with E-state index in [2.05, 4.69) is 4.74 Å². The molecule has 0 N–H and O–H groups in total. The fourth-order valence-electron chi connectivity index (χ4n) is 3.28. The molecule has 0 aromatic heterocycles. The van der Waals surface area contributed by atoms with E-state index < -0.39 is 6.61 Å². The van der Waals surface area contributed by atoms with Gasteiger partial charge in [-0.05, 0) is 43.2 Å². The number of carbonyl (C=O) groups is 2. The lowest BCUT2D eigenvalue weighted by molar-refractivity contribution is -0.0503. The third-order valence-electron chi connectivity index (χ3n) is 5.02. The van der Waals surface area contributed by atoms with Crippen molar-refractivity contribution in [1.29, 1.82) is 0 Å². The summed E-state index contributed by atoms with van der Waals surface area (Å²) in [4.78, 5) is 28.8. The first-order valence-corrected chi connectivity index (χ1v) is 9.07. The number of rotatable bonds is 4. The van der Waals surface area contributed by atoms with E-state index in [1.54, 1.807) is 21.9 Å². The third kappa shape index (κ3) is 4.13. The van der Waals surface area contributed by atoms with Crippen LogP contribution in [0.1, 0.15) is 31.8 Å². The van der Waals surface area contributed by atoms with E-state index in [0.717, 1.165) is 11.1 Å². The average molecular weight is 388 g/mol. The zero-order valence-corrected chi connectivity index (χ0v) is 15.8. The number of carbonyl (C=O) groups excluding carboxylic acids is 2. The molecule has 1 aliphatic heterocycles. The van der Waals surface area contributed by atoms with Crippen LogP contribution < -0.4 is 4.74 Å². The van der Waals surface area contributed by atoms with Gasteiger partial charge in [-0.3, -0.25) is 9.59 Å². The molecule has 1 fully saturated rings. The molecule has 148 valence electrons. The number of piperazine rings is 1. The minimum atomic E-state index is -3.00. The molecular weight excluding hydrogens is 366 g/mol. The SMILES string of the molecule is Cc1cccc(C(=O)N2CCN(C(=O)c3ccccc3OC(F)F)CC2)c1C. The number of halogens is 2. The molecule has 1 aliphatic rings. The first-order valence-electron chi connectivity index (χ1n) is 9.07. The van der Waals surface area contributed by atoms with Crippen LogP contribution in [-0.4, -0.2) is 54.4 Å². The van der Waals surface area contributed by atoms with E-state index in [-0.39, 0.29) is 23.1 Å². The van der Waals surface area contributed by atoms with Crippen molar-refractivity contribution in [3.05, 3.63) is 64.7 Å². The van der Waals surface area contributed by atoms with Crippen molar-refractivity contribution in [1.82, 2.24) is 9.80 Å². The van der Waals surface area contributed by atoms with Gasteiger partial charge in [0, 0.05) is 31.7 Å². The molecule has 0 bridgehead atoms. The second kappa shape index (κ2) is 8.37. The molecule has 0 aliphatic carbocycles. The maximum Gasteiger partial charge on any atom is 0.387 e. The second-order valence-corrected chi connectivity index (χ2v) is 6.71. The van der Waals surface area contributed by atoms with Crippen LogP contribution in [0, 0.1) is 13.8 Å². The van der Waals surface area contributed by atoms with Gasteiger partial charge in [0.05, 0.1) is 5.56 Å². The van der Waals surface area contributed by atoms with E-state index in [1.807, 2.05) is 26.0 Å². The van der Waals surface area contributed by atoms with E-state index in [9.17, 15) is 18.4 Å². The Hall–Kier alpha value is -2.96. The Bertz CT molecular complexity index is 878. The van der Waals surface area contributed by atoms with Crippen LogP contribution in [-0.2, 0) is 0 Å². The molecular formula is C21H22F2N2O3. The van der Waals surface area contributed by atoms with Gasteiger partial charge in [-0.2, -0.15) is 8.78 Å².